The van der Waals surface area contributed by atoms with Crippen LogP contribution in [0.4, 0.5) is 5.69 Å². The molecule has 0 aromatic heterocycles. The third-order valence-electron chi connectivity index (χ3n) is 5.79. The zero-order valence-electron chi connectivity index (χ0n) is 18.4. The molecule has 2 aromatic rings. The van der Waals surface area contributed by atoms with Crippen molar-refractivity contribution in [2.75, 3.05) is 51.8 Å². The summed E-state index contributed by atoms with van der Waals surface area (Å²) in [6.45, 7) is 2.62. The summed E-state index contributed by atoms with van der Waals surface area (Å²) in [4.78, 5) is 29.4. The van der Waals surface area contributed by atoms with Crippen molar-refractivity contribution >= 4 is 23.2 Å². The fourth-order valence-electron chi connectivity index (χ4n) is 3.96. The van der Waals surface area contributed by atoms with Crippen LogP contribution >= 0.6 is 0 Å². The van der Waals surface area contributed by atoms with Gasteiger partial charge in [-0.3, -0.25) is 15.0 Å². The highest BCUT2D eigenvalue weighted by molar-refractivity contribution is 5.88. The van der Waals surface area contributed by atoms with Crippen molar-refractivity contribution in [3.63, 3.8) is 0 Å². The van der Waals surface area contributed by atoms with E-state index in [1.807, 2.05) is 59.5 Å². The third kappa shape index (κ3) is 4.64. The first-order chi connectivity index (χ1) is 15.6. The molecule has 2 aliphatic rings. The minimum absolute atomic E-state index is 0.000978. The van der Waals surface area contributed by atoms with E-state index in [2.05, 4.69) is 10.3 Å². The summed E-state index contributed by atoms with van der Waals surface area (Å²) in [5, 5.41) is 1.41. The highest BCUT2D eigenvalue weighted by Crippen LogP contribution is 2.28. The topological polar surface area (TPSA) is 74.4 Å². The van der Waals surface area contributed by atoms with Crippen LogP contribution in [-0.4, -0.2) is 68.7 Å². The van der Waals surface area contributed by atoms with E-state index in [1.165, 1.54) is 5.01 Å². The Balaban J connectivity index is 1.34. The van der Waals surface area contributed by atoms with E-state index in [0.29, 0.717) is 26.2 Å². The van der Waals surface area contributed by atoms with Crippen molar-refractivity contribution in [2.24, 2.45) is 0 Å². The Bertz CT molecular complexity index is 997. The minimum Gasteiger partial charge on any atom is -0.497 e. The number of ether oxygens (including phenoxy) is 2. The maximum atomic E-state index is 12.9. The average Bonchev–Trinajstić information content (AvgIpc) is 2.85. The van der Waals surface area contributed by atoms with Crippen LogP contribution in [0.25, 0.3) is 5.70 Å². The predicted molar refractivity (Wildman–Crippen MR) is 122 cm³/mol. The van der Waals surface area contributed by atoms with Crippen LogP contribution in [0, 0.1) is 0 Å². The average molecular weight is 437 g/mol. The minimum atomic E-state index is -0.122. The van der Waals surface area contributed by atoms with Gasteiger partial charge in [-0.25, -0.2) is 5.01 Å². The number of hydrogen-bond donors (Lipinski definition) is 1. The van der Waals surface area contributed by atoms with E-state index in [-0.39, 0.29) is 24.8 Å². The number of methoxy groups -OCH3 is 2. The van der Waals surface area contributed by atoms with E-state index in [9.17, 15) is 9.59 Å². The molecule has 4 rings (SSSR count). The maximum absolute atomic E-state index is 12.9. The Morgan fingerprint density at radius 3 is 2.38 bits per heavy atom. The van der Waals surface area contributed by atoms with Gasteiger partial charge in [-0.2, -0.15) is 0 Å². The zero-order valence-corrected chi connectivity index (χ0v) is 18.4. The van der Waals surface area contributed by atoms with Crippen LogP contribution in [0.15, 0.2) is 54.6 Å². The van der Waals surface area contributed by atoms with E-state index < -0.39 is 0 Å². The van der Waals surface area contributed by atoms with Crippen LogP contribution in [0.5, 0.6) is 11.5 Å². The molecule has 1 fully saturated rings. The molecule has 168 valence electrons. The number of anilines is 1. The molecule has 2 aromatic carbocycles. The monoisotopic (exact) mass is 436 g/mol. The smallest absolute Gasteiger partial charge is 0.245 e. The first-order valence-electron chi connectivity index (χ1n) is 10.7. The molecular weight excluding hydrogens is 408 g/mol. The number of benzene rings is 2. The van der Waals surface area contributed by atoms with Gasteiger partial charge in [-0.1, -0.05) is 12.1 Å². The van der Waals surface area contributed by atoms with Gasteiger partial charge in [0.25, 0.3) is 0 Å². The number of rotatable bonds is 6. The van der Waals surface area contributed by atoms with Gasteiger partial charge in [0.15, 0.2) is 0 Å². The fourth-order valence-corrected chi connectivity index (χ4v) is 3.96. The number of nitrogens with one attached hydrogen (secondary N) is 1. The first kappa shape index (κ1) is 21.5. The molecule has 0 atom stereocenters. The number of para-hydroxylation sites is 2. The van der Waals surface area contributed by atoms with Crippen molar-refractivity contribution in [1.82, 2.24) is 15.3 Å². The Kier molecular flexibility index (Phi) is 6.49. The van der Waals surface area contributed by atoms with Gasteiger partial charge in [-0.15, -0.1) is 0 Å². The highest BCUT2D eigenvalue weighted by Gasteiger charge is 2.27. The third-order valence-corrected chi connectivity index (χ3v) is 5.79. The van der Waals surface area contributed by atoms with Crippen molar-refractivity contribution in [3.05, 3.63) is 60.2 Å². The van der Waals surface area contributed by atoms with Gasteiger partial charge in [0.05, 0.1) is 25.6 Å². The number of carbonyl (C=O) groups excluding carboxylic acids is 2. The lowest BCUT2D eigenvalue weighted by molar-refractivity contribution is -0.142. The fraction of sp³-hybridized carbons (Fsp3) is 0.333. The molecular formula is C24H28N4O4. The molecule has 0 bridgehead atoms. The summed E-state index contributed by atoms with van der Waals surface area (Å²) >= 11 is 0. The Morgan fingerprint density at radius 1 is 0.969 bits per heavy atom. The lowest BCUT2D eigenvalue weighted by atomic mass is 10.1. The largest absolute Gasteiger partial charge is 0.497 e. The molecule has 0 aliphatic carbocycles. The van der Waals surface area contributed by atoms with Crippen LogP contribution in [-0.2, 0) is 9.59 Å². The number of carbonyl (C=O) groups is 2. The number of piperazine rings is 1. The summed E-state index contributed by atoms with van der Waals surface area (Å²) in [7, 11) is 3.28. The SMILES string of the molecule is COc1ccc(C2=CCC(=O)N(CC(=O)N3CCN(c4ccccc4OC)CC3)N2)cc1. The molecule has 2 aliphatic heterocycles. The van der Waals surface area contributed by atoms with Crippen LogP contribution in [0.3, 0.4) is 0 Å². The Hall–Kier alpha value is -3.68. The normalized spacial score (nSPS) is 16.4. The quantitative estimate of drug-likeness (QED) is 0.748. The number of nitrogens with zero attached hydrogens (tertiary/aromatic N) is 3. The summed E-state index contributed by atoms with van der Waals surface area (Å²) in [5.41, 5.74) is 5.88. The van der Waals surface area contributed by atoms with Crippen molar-refractivity contribution in [1.29, 1.82) is 0 Å². The number of hydrazine groups is 1. The van der Waals surface area contributed by atoms with Crippen LogP contribution in [0.1, 0.15) is 12.0 Å². The molecule has 0 spiro atoms. The van der Waals surface area contributed by atoms with Gasteiger partial charge >= 0.3 is 0 Å². The second kappa shape index (κ2) is 9.64. The van der Waals surface area contributed by atoms with Gasteiger partial charge in [-0.05, 0) is 48.0 Å². The number of amides is 2. The Morgan fingerprint density at radius 2 is 1.69 bits per heavy atom. The first-order valence-corrected chi connectivity index (χ1v) is 10.7. The molecule has 8 nitrogen and oxygen atoms in total. The second-order valence-electron chi connectivity index (χ2n) is 7.68. The zero-order chi connectivity index (χ0) is 22.5. The van der Waals surface area contributed by atoms with Crippen molar-refractivity contribution in [3.8, 4) is 11.5 Å². The summed E-state index contributed by atoms with van der Waals surface area (Å²) in [5.74, 6) is 1.40. The highest BCUT2D eigenvalue weighted by atomic mass is 16.5. The molecule has 0 unspecified atom stereocenters. The van der Waals surface area contributed by atoms with Gasteiger partial charge in [0.2, 0.25) is 11.8 Å². The summed E-state index contributed by atoms with van der Waals surface area (Å²) in [6.07, 6.45) is 2.10. The molecule has 2 heterocycles. The van der Waals surface area contributed by atoms with Crippen LogP contribution in [0.2, 0.25) is 0 Å². The van der Waals surface area contributed by atoms with E-state index in [4.69, 9.17) is 9.47 Å². The van der Waals surface area contributed by atoms with Crippen LogP contribution < -0.4 is 19.8 Å². The molecule has 0 saturated carbocycles. The molecule has 0 radical (unpaired) electrons. The molecule has 2 amide bonds. The molecule has 1 saturated heterocycles. The van der Waals surface area contributed by atoms with E-state index in [0.717, 1.165) is 28.4 Å². The van der Waals surface area contributed by atoms with Gasteiger partial charge in [0, 0.05) is 32.6 Å². The predicted octanol–water partition coefficient (Wildman–Crippen LogP) is 2.13. The molecule has 8 heteroatoms. The second-order valence-corrected chi connectivity index (χ2v) is 7.68. The van der Waals surface area contributed by atoms with E-state index in [1.54, 1.807) is 14.2 Å². The van der Waals surface area contributed by atoms with Crippen molar-refractivity contribution < 1.29 is 19.1 Å². The van der Waals surface area contributed by atoms with Gasteiger partial charge in [0.1, 0.15) is 18.0 Å². The number of hydrogen-bond acceptors (Lipinski definition) is 6. The molecule has 1 N–H and O–H groups in total. The summed E-state index contributed by atoms with van der Waals surface area (Å²) < 4.78 is 10.7. The lowest BCUT2D eigenvalue weighted by Gasteiger charge is -2.38. The van der Waals surface area contributed by atoms with Gasteiger partial charge < -0.3 is 19.3 Å². The standard InChI is InChI=1S/C24H28N4O4/c1-31-19-9-7-18(8-10-19)20-11-12-23(29)28(25-20)17-24(30)27-15-13-26(14-16-27)21-5-3-4-6-22(21)32-2/h3-11,25H,12-17H2,1-2H3. The Labute approximate surface area is 188 Å². The molecule has 32 heavy (non-hydrogen) atoms. The lowest BCUT2D eigenvalue weighted by Crippen LogP contribution is -2.54. The van der Waals surface area contributed by atoms with E-state index >= 15 is 0 Å². The van der Waals surface area contributed by atoms with Crippen molar-refractivity contribution in [2.45, 2.75) is 6.42 Å². The maximum Gasteiger partial charge on any atom is 0.245 e. The summed E-state index contributed by atoms with van der Waals surface area (Å²) in [6, 6.07) is 15.5.